The number of hydrogen-bond acceptors (Lipinski definition) is 7. The molecule has 2 aromatic heterocycles. The molecule has 3 N–H and O–H groups in total. The SMILES string of the molecule is CC(C)OC(=O)Nc1ccc(-c2c(N)c3ccc(SCCc4ncncn4)cc3n2C2CCC2)cc1. The molecule has 186 valence electrons. The molecule has 0 unspecified atom stereocenters. The average Bonchev–Trinajstić information content (AvgIpc) is 3.10. The molecule has 2 aromatic carbocycles. The summed E-state index contributed by atoms with van der Waals surface area (Å²) in [4.78, 5) is 25.5. The van der Waals surface area contributed by atoms with Crippen molar-refractivity contribution >= 4 is 40.1 Å². The van der Waals surface area contributed by atoms with Gasteiger partial charge in [0.05, 0.1) is 23.0 Å². The van der Waals surface area contributed by atoms with Gasteiger partial charge in [-0.25, -0.2) is 19.7 Å². The van der Waals surface area contributed by atoms with Crippen molar-refractivity contribution in [3.05, 3.63) is 60.9 Å². The van der Waals surface area contributed by atoms with E-state index in [1.54, 1.807) is 11.8 Å². The Kier molecular flexibility index (Phi) is 7.09. The van der Waals surface area contributed by atoms with Gasteiger partial charge < -0.3 is 15.0 Å². The molecule has 1 amide bonds. The number of benzene rings is 2. The number of nitrogens with one attached hydrogen (secondary N) is 1. The summed E-state index contributed by atoms with van der Waals surface area (Å²) in [5.74, 6) is 1.69. The normalized spacial score (nSPS) is 13.6. The third kappa shape index (κ3) is 5.16. The predicted octanol–water partition coefficient (Wildman–Crippen LogP) is 6.09. The van der Waals surface area contributed by atoms with Crippen LogP contribution in [0.15, 0.2) is 60.0 Å². The van der Waals surface area contributed by atoms with Gasteiger partial charge in [0.25, 0.3) is 0 Å². The summed E-state index contributed by atoms with van der Waals surface area (Å²) >= 11 is 1.79. The number of thioether (sulfide) groups is 1. The molecule has 0 bridgehead atoms. The summed E-state index contributed by atoms with van der Waals surface area (Å²) in [5, 5.41) is 3.85. The number of aryl methyl sites for hydroxylation is 1. The van der Waals surface area contributed by atoms with Gasteiger partial charge in [-0.3, -0.25) is 5.32 Å². The fourth-order valence-corrected chi connectivity index (χ4v) is 5.33. The summed E-state index contributed by atoms with van der Waals surface area (Å²) < 4.78 is 7.60. The van der Waals surface area contributed by atoms with Crippen molar-refractivity contribution in [1.82, 2.24) is 19.5 Å². The van der Waals surface area contributed by atoms with Crippen LogP contribution in [0.3, 0.4) is 0 Å². The summed E-state index contributed by atoms with van der Waals surface area (Å²) in [7, 11) is 0. The molecular weight excluding hydrogens is 472 g/mol. The van der Waals surface area contributed by atoms with Crippen molar-refractivity contribution in [3.63, 3.8) is 0 Å². The van der Waals surface area contributed by atoms with Crippen LogP contribution in [0.25, 0.3) is 22.2 Å². The van der Waals surface area contributed by atoms with E-state index in [-0.39, 0.29) is 6.10 Å². The zero-order valence-corrected chi connectivity index (χ0v) is 21.3. The van der Waals surface area contributed by atoms with E-state index < -0.39 is 6.09 Å². The van der Waals surface area contributed by atoms with E-state index in [4.69, 9.17) is 10.5 Å². The first kappa shape index (κ1) is 24.1. The molecule has 1 aliphatic carbocycles. The molecule has 0 atom stereocenters. The molecule has 0 spiro atoms. The zero-order valence-electron chi connectivity index (χ0n) is 20.5. The van der Waals surface area contributed by atoms with Crippen molar-refractivity contribution in [2.75, 3.05) is 16.8 Å². The van der Waals surface area contributed by atoms with E-state index >= 15 is 0 Å². The van der Waals surface area contributed by atoms with Gasteiger partial charge in [-0.1, -0.05) is 12.1 Å². The fraction of sp³-hybridized carbons (Fsp3) is 0.333. The van der Waals surface area contributed by atoms with Gasteiger partial charge in [0, 0.05) is 39.7 Å². The number of carbonyl (C=O) groups excluding carboxylic acids is 1. The Hall–Kier alpha value is -3.59. The maximum atomic E-state index is 12.0. The highest BCUT2D eigenvalue weighted by Gasteiger charge is 2.27. The summed E-state index contributed by atoms with van der Waals surface area (Å²) in [6.07, 6.45) is 6.75. The molecule has 0 aliphatic heterocycles. The van der Waals surface area contributed by atoms with Crippen LogP contribution in [0.1, 0.15) is 45.0 Å². The maximum Gasteiger partial charge on any atom is 0.411 e. The van der Waals surface area contributed by atoms with Crippen molar-refractivity contribution in [2.45, 2.75) is 56.6 Å². The highest BCUT2D eigenvalue weighted by molar-refractivity contribution is 7.99. The van der Waals surface area contributed by atoms with Crippen molar-refractivity contribution in [1.29, 1.82) is 0 Å². The van der Waals surface area contributed by atoms with E-state index in [0.717, 1.165) is 53.2 Å². The lowest BCUT2D eigenvalue weighted by atomic mass is 9.92. The van der Waals surface area contributed by atoms with E-state index in [1.807, 2.05) is 38.1 Å². The molecule has 9 heteroatoms. The van der Waals surface area contributed by atoms with Crippen LogP contribution in [0, 0.1) is 0 Å². The molecule has 5 rings (SSSR count). The second-order valence-corrected chi connectivity index (χ2v) is 10.4. The van der Waals surface area contributed by atoms with Crippen LogP contribution in [0.5, 0.6) is 0 Å². The smallest absolute Gasteiger partial charge is 0.411 e. The Morgan fingerprint density at radius 2 is 1.92 bits per heavy atom. The van der Waals surface area contributed by atoms with E-state index in [0.29, 0.717) is 11.7 Å². The number of hydrogen-bond donors (Lipinski definition) is 2. The Morgan fingerprint density at radius 3 is 2.58 bits per heavy atom. The van der Waals surface area contributed by atoms with Gasteiger partial charge in [0.15, 0.2) is 0 Å². The minimum Gasteiger partial charge on any atom is -0.447 e. The minimum absolute atomic E-state index is 0.172. The minimum atomic E-state index is -0.457. The van der Waals surface area contributed by atoms with Crippen LogP contribution < -0.4 is 11.1 Å². The number of aromatic nitrogens is 4. The summed E-state index contributed by atoms with van der Waals surface area (Å²) in [6, 6.07) is 14.8. The maximum absolute atomic E-state index is 12.0. The Labute approximate surface area is 214 Å². The van der Waals surface area contributed by atoms with E-state index in [2.05, 4.69) is 43.0 Å². The summed E-state index contributed by atoms with van der Waals surface area (Å²) in [5.41, 5.74) is 11.5. The molecule has 0 saturated heterocycles. The number of carbonyl (C=O) groups is 1. The topological polar surface area (TPSA) is 108 Å². The molecule has 36 heavy (non-hydrogen) atoms. The van der Waals surface area contributed by atoms with Crippen LogP contribution in [0.2, 0.25) is 0 Å². The quantitative estimate of drug-likeness (QED) is 0.281. The highest BCUT2D eigenvalue weighted by atomic mass is 32.2. The van der Waals surface area contributed by atoms with Crippen molar-refractivity contribution in [3.8, 4) is 11.3 Å². The van der Waals surface area contributed by atoms with Crippen LogP contribution in [-0.2, 0) is 11.2 Å². The van der Waals surface area contributed by atoms with Gasteiger partial charge in [0.1, 0.15) is 18.5 Å². The molecule has 4 aromatic rings. The zero-order chi connectivity index (χ0) is 25.1. The molecule has 2 heterocycles. The predicted molar refractivity (Wildman–Crippen MR) is 144 cm³/mol. The Morgan fingerprint density at radius 1 is 1.17 bits per heavy atom. The molecule has 8 nitrogen and oxygen atoms in total. The second kappa shape index (κ2) is 10.6. The van der Waals surface area contributed by atoms with Crippen LogP contribution in [-0.4, -0.2) is 37.5 Å². The van der Waals surface area contributed by atoms with Crippen LogP contribution >= 0.6 is 11.8 Å². The number of nitrogen functional groups attached to an aromatic ring is 1. The lowest BCUT2D eigenvalue weighted by Gasteiger charge is -2.30. The molecule has 1 aliphatic rings. The second-order valence-electron chi connectivity index (χ2n) is 9.21. The molecule has 1 fully saturated rings. The van der Waals surface area contributed by atoms with E-state index in [1.165, 1.54) is 29.5 Å². The lowest BCUT2D eigenvalue weighted by Crippen LogP contribution is -2.18. The first-order chi connectivity index (χ1) is 17.5. The first-order valence-electron chi connectivity index (χ1n) is 12.2. The average molecular weight is 503 g/mol. The highest BCUT2D eigenvalue weighted by Crippen LogP contribution is 2.45. The Balaban J connectivity index is 1.42. The third-order valence-corrected chi connectivity index (χ3v) is 7.34. The number of nitrogens with zero attached hydrogens (tertiary/aromatic N) is 4. The number of anilines is 2. The number of fused-ring (bicyclic) bond motifs is 1. The van der Waals surface area contributed by atoms with Crippen molar-refractivity contribution < 1.29 is 9.53 Å². The van der Waals surface area contributed by atoms with E-state index in [9.17, 15) is 4.79 Å². The monoisotopic (exact) mass is 502 g/mol. The van der Waals surface area contributed by atoms with Crippen LogP contribution in [0.4, 0.5) is 16.2 Å². The number of ether oxygens (including phenoxy) is 1. The Bertz CT molecular complexity index is 1350. The standard InChI is InChI=1S/C27H30N6O2S/c1-17(2)35-27(34)32-19-8-6-18(7-9-19)26-25(28)22-11-10-21(14-23(22)33(26)20-4-3-5-20)36-13-12-24-30-15-29-16-31-24/h6-11,14-17,20H,3-5,12-13,28H2,1-2H3,(H,32,34). The number of rotatable bonds is 8. The van der Waals surface area contributed by atoms with Crippen molar-refractivity contribution in [2.24, 2.45) is 0 Å². The molecule has 1 saturated carbocycles. The first-order valence-corrected chi connectivity index (χ1v) is 13.2. The third-order valence-electron chi connectivity index (χ3n) is 6.34. The molecule has 0 radical (unpaired) electrons. The lowest BCUT2D eigenvalue weighted by molar-refractivity contribution is 0.130. The largest absolute Gasteiger partial charge is 0.447 e. The molecular formula is C27H30N6O2S. The van der Waals surface area contributed by atoms with Gasteiger partial charge >= 0.3 is 6.09 Å². The van der Waals surface area contributed by atoms with Gasteiger partial charge in [-0.15, -0.1) is 11.8 Å². The number of amides is 1. The van der Waals surface area contributed by atoms with Gasteiger partial charge in [-0.05, 0) is 63.4 Å². The van der Waals surface area contributed by atoms with Gasteiger partial charge in [-0.2, -0.15) is 0 Å². The summed E-state index contributed by atoms with van der Waals surface area (Å²) in [6.45, 7) is 3.65. The van der Waals surface area contributed by atoms with Gasteiger partial charge in [0.2, 0.25) is 0 Å². The fourth-order valence-electron chi connectivity index (χ4n) is 4.45. The number of nitrogens with two attached hydrogens (primary N) is 1.